The molecule has 2 atom stereocenters. The van der Waals surface area contributed by atoms with Gasteiger partial charge in [0.15, 0.2) is 0 Å². The first-order valence-corrected chi connectivity index (χ1v) is 7.48. The van der Waals surface area contributed by atoms with Gasteiger partial charge in [-0.05, 0) is 55.5 Å². The van der Waals surface area contributed by atoms with Crippen LogP contribution in [0.2, 0.25) is 0 Å². The number of hydrogen-bond donors (Lipinski definition) is 3. The largest absolute Gasteiger partial charge is 0.492 e. The third kappa shape index (κ3) is 4.72. The molecule has 3 N–H and O–H groups in total. The number of hydrogen-bond acceptors (Lipinski definition) is 4. The fourth-order valence-corrected chi connectivity index (χ4v) is 2.84. The van der Waals surface area contributed by atoms with Gasteiger partial charge in [0, 0.05) is 13.2 Å². The summed E-state index contributed by atoms with van der Waals surface area (Å²) in [6.45, 7) is 2.50. The van der Waals surface area contributed by atoms with Gasteiger partial charge in [0.25, 0.3) is 0 Å². The molecule has 0 aliphatic heterocycles. The van der Waals surface area contributed by atoms with Crippen molar-refractivity contribution in [3.8, 4) is 5.75 Å². The van der Waals surface area contributed by atoms with Crippen LogP contribution < -0.4 is 10.1 Å². The number of benzene rings is 1. The summed E-state index contributed by atoms with van der Waals surface area (Å²) < 4.78 is 5.55. The van der Waals surface area contributed by atoms with Crippen LogP contribution in [0.5, 0.6) is 5.75 Å². The van der Waals surface area contributed by atoms with E-state index in [1.54, 1.807) is 12.1 Å². The molecule has 0 radical (unpaired) electrons. The van der Waals surface area contributed by atoms with E-state index < -0.39 is 5.97 Å². The topological polar surface area (TPSA) is 78.8 Å². The number of carboxylic acids is 1. The van der Waals surface area contributed by atoms with E-state index in [1.165, 1.54) is 25.0 Å². The van der Waals surface area contributed by atoms with Crippen LogP contribution in [-0.2, 0) is 0 Å². The van der Waals surface area contributed by atoms with Crippen molar-refractivity contribution in [2.24, 2.45) is 11.8 Å². The van der Waals surface area contributed by atoms with Gasteiger partial charge in [0.05, 0.1) is 5.56 Å². The molecule has 1 fully saturated rings. The lowest BCUT2D eigenvalue weighted by atomic mass is 9.97. The first-order valence-electron chi connectivity index (χ1n) is 7.48. The van der Waals surface area contributed by atoms with Gasteiger partial charge in [-0.25, -0.2) is 4.79 Å². The lowest BCUT2D eigenvalue weighted by molar-refractivity contribution is 0.0697. The number of carboxylic acid groups (broad SMARTS) is 1. The smallest absolute Gasteiger partial charge is 0.335 e. The number of aliphatic hydroxyl groups is 1. The van der Waals surface area contributed by atoms with Crippen molar-refractivity contribution in [2.45, 2.75) is 19.3 Å². The third-order valence-electron chi connectivity index (χ3n) is 4.11. The zero-order chi connectivity index (χ0) is 15.1. The second-order valence-corrected chi connectivity index (χ2v) is 5.52. The number of aliphatic hydroxyl groups excluding tert-OH is 1. The summed E-state index contributed by atoms with van der Waals surface area (Å²) in [5.41, 5.74) is 0.261. The zero-order valence-electron chi connectivity index (χ0n) is 12.1. The Balaban J connectivity index is 1.62. The van der Waals surface area contributed by atoms with E-state index in [2.05, 4.69) is 5.32 Å². The highest BCUT2D eigenvalue weighted by atomic mass is 16.5. The maximum Gasteiger partial charge on any atom is 0.335 e. The van der Waals surface area contributed by atoms with Crippen molar-refractivity contribution in [2.75, 3.05) is 26.3 Å². The van der Waals surface area contributed by atoms with E-state index >= 15 is 0 Å². The van der Waals surface area contributed by atoms with Gasteiger partial charge in [0.1, 0.15) is 12.4 Å². The predicted molar refractivity (Wildman–Crippen MR) is 79.7 cm³/mol. The molecule has 116 valence electrons. The first-order chi connectivity index (χ1) is 10.2. The second kappa shape index (κ2) is 8.00. The van der Waals surface area contributed by atoms with Gasteiger partial charge in [0.2, 0.25) is 0 Å². The Morgan fingerprint density at radius 1 is 1.24 bits per heavy atom. The van der Waals surface area contributed by atoms with Crippen LogP contribution in [0.3, 0.4) is 0 Å². The highest BCUT2D eigenvalue weighted by Gasteiger charge is 2.25. The lowest BCUT2D eigenvalue weighted by Gasteiger charge is -2.17. The van der Waals surface area contributed by atoms with Crippen molar-refractivity contribution in [3.63, 3.8) is 0 Å². The quantitative estimate of drug-likeness (QED) is 0.637. The normalized spacial score (nSPS) is 21.4. The Morgan fingerprint density at radius 3 is 2.62 bits per heavy atom. The molecule has 2 rings (SSSR count). The molecule has 0 spiro atoms. The molecule has 2 unspecified atom stereocenters. The minimum atomic E-state index is -0.932. The molecule has 0 amide bonds. The molecule has 0 bridgehead atoms. The minimum absolute atomic E-state index is 0.261. The summed E-state index contributed by atoms with van der Waals surface area (Å²) in [5.74, 6) is 0.765. The van der Waals surface area contributed by atoms with E-state index in [0.717, 1.165) is 19.5 Å². The molecule has 0 heterocycles. The maximum absolute atomic E-state index is 10.7. The minimum Gasteiger partial charge on any atom is -0.492 e. The van der Waals surface area contributed by atoms with Gasteiger partial charge in [-0.2, -0.15) is 0 Å². The second-order valence-electron chi connectivity index (χ2n) is 5.52. The fourth-order valence-electron chi connectivity index (χ4n) is 2.84. The van der Waals surface area contributed by atoms with Gasteiger partial charge in [-0.1, -0.05) is 6.42 Å². The van der Waals surface area contributed by atoms with Crippen LogP contribution in [-0.4, -0.2) is 42.5 Å². The molecule has 1 aromatic rings. The summed E-state index contributed by atoms with van der Waals surface area (Å²) in [7, 11) is 0. The van der Waals surface area contributed by atoms with Crippen LogP contribution in [0.15, 0.2) is 24.3 Å². The zero-order valence-corrected chi connectivity index (χ0v) is 12.1. The summed E-state index contributed by atoms with van der Waals surface area (Å²) in [6, 6.07) is 6.41. The average molecular weight is 293 g/mol. The molecule has 0 saturated heterocycles. The lowest BCUT2D eigenvalue weighted by Crippen LogP contribution is -2.29. The molecule has 1 saturated carbocycles. The molecule has 5 nitrogen and oxygen atoms in total. The standard InChI is InChI=1S/C16H23NO4/c18-11-14-3-1-2-13(14)10-17-8-9-21-15-6-4-12(5-7-15)16(19)20/h4-7,13-14,17-18H,1-3,8-11H2,(H,19,20). The average Bonchev–Trinajstić information content (AvgIpc) is 2.95. The summed E-state index contributed by atoms with van der Waals surface area (Å²) in [6.07, 6.45) is 3.54. The monoisotopic (exact) mass is 293 g/mol. The van der Waals surface area contributed by atoms with E-state index in [0.29, 0.717) is 30.8 Å². The SMILES string of the molecule is O=C(O)c1ccc(OCCNCC2CCCC2CO)cc1. The van der Waals surface area contributed by atoms with E-state index in [-0.39, 0.29) is 5.56 Å². The molecule has 21 heavy (non-hydrogen) atoms. The Kier molecular flexibility index (Phi) is 6.02. The first kappa shape index (κ1) is 15.8. The third-order valence-corrected chi connectivity index (χ3v) is 4.11. The highest BCUT2D eigenvalue weighted by Crippen LogP contribution is 2.30. The molecule has 1 aliphatic rings. The molecule has 0 aromatic heterocycles. The van der Waals surface area contributed by atoms with E-state index in [9.17, 15) is 9.90 Å². The number of nitrogens with one attached hydrogen (secondary N) is 1. The van der Waals surface area contributed by atoms with Crippen molar-refractivity contribution in [3.05, 3.63) is 29.8 Å². The summed E-state index contributed by atoms with van der Waals surface area (Å²) >= 11 is 0. The van der Waals surface area contributed by atoms with Crippen molar-refractivity contribution >= 4 is 5.97 Å². The number of ether oxygens (including phenoxy) is 1. The number of carbonyl (C=O) groups is 1. The Morgan fingerprint density at radius 2 is 1.95 bits per heavy atom. The maximum atomic E-state index is 10.7. The van der Waals surface area contributed by atoms with Gasteiger partial charge >= 0.3 is 5.97 Å². The van der Waals surface area contributed by atoms with Crippen LogP contribution in [0, 0.1) is 11.8 Å². The Labute approximate surface area is 124 Å². The molecule has 1 aliphatic carbocycles. The van der Waals surface area contributed by atoms with Crippen LogP contribution >= 0.6 is 0 Å². The number of rotatable bonds is 8. The van der Waals surface area contributed by atoms with Gasteiger partial charge in [-0.15, -0.1) is 0 Å². The van der Waals surface area contributed by atoms with E-state index in [1.807, 2.05) is 0 Å². The predicted octanol–water partition coefficient (Wildman–Crippen LogP) is 1.76. The molecular weight excluding hydrogens is 270 g/mol. The molecule has 5 heteroatoms. The Bertz CT molecular complexity index is 446. The van der Waals surface area contributed by atoms with Gasteiger partial charge < -0.3 is 20.3 Å². The van der Waals surface area contributed by atoms with Crippen LogP contribution in [0.25, 0.3) is 0 Å². The van der Waals surface area contributed by atoms with Crippen molar-refractivity contribution < 1.29 is 19.7 Å². The van der Waals surface area contributed by atoms with Crippen molar-refractivity contribution in [1.82, 2.24) is 5.32 Å². The van der Waals surface area contributed by atoms with Crippen LogP contribution in [0.1, 0.15) is 29.6 Å². The van der Waals surface area contributed by atoms with Gasteiger partial charge in [-0.3, -0.25) is 0 Å². The number of aromatic carboxylic acids is 1. The highest BCUT2D eigenvalue weighted by molar-refractivity contribution is 5.87. The summed E-state index contributed by atoms with van der Waals surface area (Å²) in [4.78, 5) is 10.7. The molecule has 1 aromatic carbocycles. The summed E-state index contributed by atoms with van der Waals surface area (Å²) in [5, 5.41) is 21.4. The van der Waals surface area contributed by atoms with Crippen LogP contribution in [0.4, 0.5) is 0 Å². The van der Waals surface area contributed by atoms with Crippen molar-refractivity contribution in [1.29, 1.82) is 0 Å². The van der Waals surface area contributed by atoms with E-state index in [4.69, 9.17) is 9.84 Å². The fraction of sp³-hybridized carbons (Fsp3) is 0.562. The molecular formula is C16H23NO4. The Hall–Kier alpha value is -1.59.